The van der Waals surface area contributed by atoms with Crippen molar-refractivity contribution in [3.8, 4) is 0 Å². The van der Waals surface area contributed by atoms with Crippen molar-refractivity contribution in [3.05, 3.63) is 0 Å². The van der Waals surface area contributed by atoms with Crippen LogP contribution in [0.2, 0.25) is 0 Å². The molecule has 0 aliphatic heterocycles. The Morgan fingerprint density at radius 3 is 2.73 bits per heavy atom. The summed E-state index contributed by atoms with van der Waals surface area (Å²) in [6, 6.07) is 0. The van der Waals surface area contributed by atoms with E-state index in [1.165, 1.54) is 0 Å². The second-order valence-electron chi connectivity index (χ2n) is 4.88. The maximum absolute atomic E-state index is 11.2. The van der Waals surface area contributed by atoms with Crippen LogP contribution in [0.4, 0.5) is 0 Å². The van der Waals surface area contributed by atoms with Gasteiger partial charge < -0.3 is 15.7 Å². The molecule has 2 atom stereocenters. The molecule has 1 aliphatic rings. The SMILES string of the molecule is CN(C)CCC1CCCCC1(N)C(=O)O. The van der Waals surface area contributed by atoms with Crippen molar-refractivity contribution in [1.29, 1.82) is 0 Å². The minimum atomic E-state index is -0.978. The summed E-state index contributed by atoms with van der Waals surface area (Å²) in [6.07, 6.45) is 4.53. The van der Waals surface area contributed by atoms with Gasteiger partial charge in [-0.05, 0) is 45.8 Å². The Morgan fingerprint density at radius 2 is 2.20 bits per heavy atom. The predicted octanol–water partition coefficient (Wildman–Crippen LogP) is 0.910. The van der Waals surface area contributed by atoms with Crippen LogP contribution < -0.4 is 5.73 Å². The summed E-state index contributed by atoms with van der Waals surface area (Å²) in [5.74, 6) is -0.697. The van der Waals surface area contributed by atoms with E-state index in [2.05, 4.69) is 4.90 Å². The van der Waals surface area contributed by atoms with Crippen LogP contribution in [0.5, 0.6) is 0 Å². The standard InChI is InChI=1S/C11H22N2O2/c1-13(2)8-6-9-5-3-4-7-11(9,12)10(14)15/h9H,3-8,12H2,1-2H3,(H,14,15). The van der Waals surface area contributed by atoms with Crippen molar-refractivity contribution in [2.75, 3.05) is 20.6 Å². The monoisotopic (exact) mass is 214 g/mol. The van der Waals surface area contributed by atoms with Crippen LogP contribution in [0.3, 0.4) is 0 Å². The first-order valence-electron chi connectivity index (χ1n) is 5.64. The van der Waals surface area contributed by atoms with E-state index in [9.17, 15) is 9.90 Å². The van der Waals surface area contributed by atoms with Gasteiger partial charge in [-0.2, -0.15) is 0 Å². The lowest BCUT2D eigenvalue weighted by molar-refractivity contribution is -0.147. The van der Waals surface area contributed by atoms with Crippen molar-refractivity contribution >= 4 is 5.97 Å². The fourth-order valence-electron chi connectivity index (χ4n) is 2.37. The van der Waals surface area contributed by atoms with Gasteiger partial charge in [-0.15, -0.1) is 0 Å². The lowest BCUT2D eigenvalue weighted by Gasteiger charge is -2.38. The molecular formula is C11H22N2O2. The van der Waals surface area contributed by atoms with E-state index < -0.39 is 11.5 Å². The summed E-state index contributed by atoms with van der Waals surface area (Å²) in [5, 5.41) is 9.19. The van der Waals surface area contributed by atoms with Crippen molar-refractivity contribution in [1.82, 2.24) is 4.90 Å². The van der Waals surface area contributed by atoms with Crippen LogP contribution in [0.1, 0.15) is 32.1 Å². The van der Waals surface area contributed by atoms with E-state index in [4.69, 9.17) is 5.73 Å². The average molecular weight is 214 g/mol. The summed E-state index contributed by atoms with van der Waals surface area (Å²) in [4.78, 5) is 13.3. The molecule has 0 spiro atoms. The summed E-state index contributed by atoms with van der Waals surface area (Å²) in [5.41, 5.74) is 5.04. The van der Waals surface area contributed by atoms with Gasteiger partial charge in [0.1, 0.15) is 5.54 Å². The molecule has 3 N–H and O–H groups in total. The lowest BCUT2D eigenvalue weighted by atomic mass is 9.72. The van der Waals surface area contributed by atoms with Crippen LogP contribution >= 0.6 is 0 Å². The van der Waals surface area contributed by atoms with Crippen molar-refractivity contribution in [2.45, 2.75) is 37.6 Å². The Labute approximate surface area is 91.4 Å². The van der Waals surface area contributed by atoms with E-state index in [0.717, 1.165) is 32.2 Å². The second-order valence-corrected chi connectivity index (χ2v) is 4.88. The molecule has 0 amide bonds. The number of carbonyl (C=O) groups is 1. The van der Waals surface area contributed by atoms with E-state index in [-0.39, 0.29) is 5.92 Å². The zero-order valence-corrected chi connectivity index (χ0v) is 9.70. The van der Waals surface area contributed by atoms with Crippen molar-refractivity contribution in [2.24, 2.45) is 11.7 Å². The zero-order chi connectivity index (χ0) is 11.5. The minimum absolute atomic E-state index is 0.131. The summed E-state index contributed by atoms with van der Waals surface area (Å²) < 4.78 is 0. The first kappa shape index (κ1) is 12.5. The van der Waals surface area contributed by atoms with Crippen LogP contribution in [0.15, 0.2) is 0 Å². The normalized spacial score (nSPS) is 31.9. The Morgan fingerprint density at radius 1 is 1.53 bits per heavy atom. The Kier molecular flexibility index (Phi) is 4.11. The molecule has 15 heavy (non-hydrogen) atoms. The van der Waals surface area contributed by atoms with Gasteiger partial charge >= 0.3 is 5.97 Å². The van der Waals surface area contributed by atoms with E-state index in [0.29, 0.717) is 6.42 Å². The molecule has 4 heteroatoms. The predicted molar refractivity (Wildman–Crippen MR) is 59.7 cm³/mol. The molecule has 4 nitrogen and oxygen atoms in total. The fourth-order valence-corrected chi connectivity index (χ4v) is 2.37. The highest BCUT2D eigenvalue weighted by atomic mass is 16.4. The Hall–Kier alpha value is -0.610. The lowest BCUT2D eigenvalue weighted by Crippen LogP contribution is -2.56. The van der Waals surface area contributed by atoms with Crippen LogP contribution in [0.25, 0.3) is 0 Å². The van der Waals surface area contributed by atoms with Crippen LogP contribution in [-0.2, 0) is 4.79 Å². The molecule has 2 unspecified atom stereocenters. The molecular weight excluding hydrogens is 192 g/mol. The van der Waals surface area contributed by atoms with Gasteiger partial charge in [0.15, 0.2) is 0 Å². The third kappa shape index (κ3) is 2.92. The van der Waals surface area contributed by atoms with Crippen molar-refractivity contribution in [3.63, 3.8) is 0 Å². The second kappa shape index (κ2) is 4.94. The number of hydrogen-bond acceptors (Lipinski definition) is 3. The number of hydrogen-bond donors (Lipinski definition) is 2. The quantitative estimate of drug-likeness (QED) is 0.730. The number of aliphatic carboxylic acids is 1. The van der Waals surface area contributed by atoms with E-state index >= 15 is 0 Å². The highest BCUT2D eigenvalue weighted by Gasteiger charge is 2.43. The molecule has 1 aliphatic carbocycles. The number of carboxylic acids is 1. The molecule has 1 fully saturated rings. The van der Waals surface area contributed by atoms with E-state index in [1.54, 1.807) is 0 Å². The highest BCUT2D eigenvalue weighted by molar-refractivity contribution is 5.79. The minimum Gasteiger partial charge on any atom is -0.480 e. The third-order valence-corrected chi connectivity index (χ3v) is 3.44. The van der Waals surface area contributed by atoms with Gasteiger partial charge in [-0.3, -0.25) is 4.79 Å². The molecule has 0 saturated heterocycles. The van der Waals surface area contributed by atoms with Crippen LogP contribution in [-0.4, -0.2) is 42.2 Å². The fraction of sp³-hybridized carbons (Fsp3) is 0.909. The molecule has 0 heterocycles. The Balaban J connectivity index is 2.61. The largest absolute Gasteiger partial charge is 0.480 e. The molecule has 0 aromatic rings. The third-order valence-electron chi connectivity index (χ3n) is 3.44. The topological polar surface area (TPSA) is 66.6 Å². The summed E-state index contributed by atoms with van der Waals surface area (Å²) >= 11 is 0. The van der Waals surface area contributed by atoms with Gasteiger partial charge in [0, 0.05) is 0 Å². The van der Waals surface area contributed by atoms with Crippen molar-refractivity contribution < 1.29 is 9.90 Å². The molecule has 0 bridgehead atoms. The maximum atomic E-state index is 11.2. The van der Waals surface area contributed by atoms with Gasteiger partial charge in [0.05, 0.1) is 0 Å². The number of carboxylic acid groups (broad SMARTS) is 1. The average Bonchev–Trinajstić information content (AvgIpc) is 2.16. The Bertz CT molecular complexity index is 231. The molecule has 88 valence electrons. The number of nitrogens with two attached hydrogens (primary N) is 1. The number of rotatable bonds is 4. The molecule has 0 radical (unpaired) electrons. The first-order chi connectivity index (χ1) is 6.97. The van der Waals surface area contributed by atoms with Gasteiger partial charge in [-0.25, -0.2) is 0 Å². The molecule has 1 rings (SSSR count). The highest BCUT2D eigenvalue weighted by Crippen LogP contribution is 2.34. The maximum Gasteiger partial charge on any atom is 0.323 e. The van der Waals surface area contributed by atoms with Crippen LogP contribution in [0, 0.1) is 5.92 Å². The van der Waals surface area contributed by atoms with E-state index in [1.807, 2.05) is 14.1 Å². The zero-order valence-electron chi connectivity index (χ0n) is 9.70. The first-order valence-corrected chi connectivity index (χ1v) is 5.64. The summed E-state index contributed by atoms with van der Waals surface area (Å²) in [7, 11) is 4.00. The molecule has 0 aromatic heterocycles. The molecule has 1 saturated carbocycles. The molecule has 0 aromatic carbocycles. The van der Waals surface area contributed by atoms with Gasteiger partial charge in [-0.1, -0.05) is 12.8 Å². The van der Waals surface area contributed by atoms with Gasteiger partial charge in [0.25, 0.3) is 0 Å². The van der Waals surface area contributed by atoms with Gasteiger partial charge in [0.2, 0.25) is 0 Å². The smallest absolute Gasteiger partial charge is 0.323 e. The number of nitrogens with zero attached hydrogens (tertiary/aromatic N) is 1. The summed E-state index contributed by atoms with van der Waals surface area (Å²) in [6.45, 7) is 0.914.